The summed E-state index contributed by atoms with van der Waals surface area (Å²) in [4.78, 5) is 30.7. The predicted octanol–water partition coefficient (Wildman–Crippen LogP) is 3.88. The van der Waals surface area contributed by atoms with E-state index in [1.54, 1.807) is 36.9 Å². The van der Waals surface area contributed by atoms with E-state index in [4.69, 9.17) is 4.74 Å². The lowest BCUT2D eigenvalue weighted by atomic mass is 10.1. The number of carbonyl (C=O) groups is 1. The minimum absolute atomic E-state index is 0.123. The van der Waals surface area contributed by atoms with Crippen LogP contribution in [0.25, 0.3) is 0 Å². The molecule has 25 heavy (non-hydrogen) atoms. The van der Waals surface area contributed by atoms with Gasteiger partial charge in [-0.05, 0) is 36.8 Å². The molecular weight excluding hydrogens is 356 g/mol. The molecule has 0 spiro atoms. The van der Waals surface area contributed by atoms with Crippen molar-refractivity contribution in [3.63, 3.8) is 0 Å². The van der Waals surface area contributed by atoms with Gasteiger partial charge in [-0.2, -0.15) is 11.8 Å². The molecule has 0 amide bonds. The third kappa shape index (κ3) is 6.59. The molecule has 2 aromatic rings. The van der Waals surface area contributed by atoms with Gasteiger partial charge in [-0.1, -0.05) is 30.8 Å². The first-order valence-corrected chi connectivity index (χ1v) is 10.3. The Balaban J connectivity index is 1.96. The molecule has 0 atom stereocenters. The lowest BCUT2D eigenvalue weighted by Crippen LogP contribution is -2.09. The van der Waals surface area contributed by atoms with Crippen LogP contribution in [0.1, 0.15) is 41.9 Å². The third-order valence-electron chi connectivity index (χ3n) is 3.21. The van der Waals surface area contributed by atoms with Crippen LogP contribution in [-0.4, -0.2) is 28.3 Å². The Hall–Kier alpha value is -1.73. The van der Waals surface area contributed by atoms with Crippen molar-refractivity contribution in [3.8, 4) is 0 Å². The fourth-order valence-electron chi connectivity index (χ4n) is 2.05. The van der Waals surface area contributed by atoms with E-state index in [1.165, 1.54) is 11.8 Å². The standard InChI is InChI=1S/C18H22N2O3S2/c1-3-9-24-12-15-10-16(21)20-18(19-15)25-11-13-5-7-14(8-6-13)17(22)23-4-2/h5-8,10H,3-4,9,11-12H2,1-2H3,(H,19,20,21). The second-order valence-corrected chi connectivity index (χ2v) is 7.37. The van der Waals surface area contributed by atoms with Gasteiger partial charge in [0.2, 0.25) is 0 Å². The molecule has 0 radical (unpaired) electrons. The molecule has 0 unspecified atom stereocenters. The van der Waals surface area contributed by atoms with Crippen LogP contribution in [0.3, 0.4) is 0 Å². The number of aromatic amines is 1. The summed E-state index contributed by atoms with van der Waals surface area (Å²) < 4.78 is 4.97. The average molecular weight is 379 g/mol. The first kappa shape index (κ1) is 19.6. The van der Waals surface area contributed by atoms with E-state index in [0.29, 0.717) is 23.1 Å². The van der Waals surface area contributed by atoms with Crippen molar-refractivity contribution >= 4 is 29.5 Å². The van der Waals surface area contributed by atoms with E-state index < -0.39 is 0 Å². The summed E-state index contributed by atoms with van der Waals surface area (Å²) in [6.07, 6.45) is 1.11. The molecule has 2 rings (SSSR count). The number of rotatable bonds is 9. The van der Waals surface area contributed by atoms with Gasteiger partial charge < -0.3 is 9.72 Å². The molecule has 0 saturated heterocycles. The van der Waals surface area contributed by atoms with Gasteiger partial charge in [-0.25, -0.2) is 9.78 Å². The average Bonchev–Trinajstić information content (AvgIpc) is 2.60. The summed E-state index contributed by atoms with van der Waals surface area (Å²) in [6.45, 7) is 4.28. The van der Waals surface area contributed by atoms with Crippen LogP contribution in [0.4, 0.5) is 0 Å². The lowest BCUT2D eigenvalue weighted by Gasteiger charge is -2.05. The summed E-state index contributed by atoms with van der Waals surface area (Å²) in [5.74, 6) is 2.16. The second-order valence-electron chi connectivity index (χ2n) is 5.30. The number of thioether (sulfide) groups is 2. The molecule has 1 N–H and O–H groups in total. The highest BCUT2D eigenvalue weighted by Crippen LogP contribution is 2.20. The van der Waals surface area contributed by atoms with E-state index in [2.05, 4.69) is 16.9 Å². The van der Waals surface area contributed by atoms with Gasteiger partial charge in [0, 0.05) is 17.6 Å². The van der Waals surface area contributed by atoms with Crippen molar-refractivity contribution in [2.45, 2.75) is 36.9 Å². The van der Waals surface area contributed by atoms with Crippen LogP contribution in [0.15, 0.2) is 40.3 Å². The second kappa shape index (κ2) is 10.3. The first-order valence-electron chi connectivity index (χ1n) is 8.19. The van der Waals surface area contributed by atoms with Gasteiger partial charge in [-0.3, -0.25) is 4.79 Å². The summed E-state index contributed by atoms with van der Waals surface area (Å²) in [5, 5.41) is 0.620. The normalized spacial score (nSPS) is 10.6. The highest BCUT2D eigenvalue weighted by Gasteiger charge is 2.07. The van der Waals surface area contributed by atoms with Crippen molar-refractivity contribution < 1.29 is 9.53 Å². The number of carbonyl (C=O) groups excluding carboxylic acids is 1. The highest BCUT2D eigenvalue weighted by atomic mass is 32.2. The zero-order valence-electron chi connectivity index (χ0n) is 14.4. The van der Waals surface area contributed by atoms with Crippen molar-refractivity contribution in [2.24, 2.45) is 0 Å². The fourth-order valence-corrected chi connectivity index (χ4v) is 3.69. The molecule has 1 aromatic heterocycles. The van der Waals surface area contributed by atoms with Gasteiger partial charge in [-0.15, -0.1) is 0 Å². The van der Waals surface area contributed by atoms with E-state index in [-0.39, 0.29) is 11.5 Å². The number of hydrogen-bond acceptors (Lipinski definition) is 6. The largest absolute Gasteiger partial charge is 0.462 e. The summed E-state index contributed by atoms with van der Waals surface area (Å²) in [7, 11) is 0. The predicted molar refractivity (Wildman–Crippen MR) is 103 cm³/mol. The molecule has 1 heterocycles. The van der Waals surface area contributed by atoms with E-state index in [1.807, 2.05) is 12.1 Å². The molecule has 1 aromatic carbocycles. The number of H-pyrrole nitrogens is 1. The highest BCUT2D eigenvalue weighted by molar-refractivity contribution is 7.98. The third-order valence-corrected chi connectivity index (χ3v) is 5.35. The maximum Gasteiger partial charge on any atom is 0.338 e. The van der Waals surface area contributed by atoms with Crippen molar-refractivity contribution in [3.05, 3.63) is 57.5 Å². The molecule has 0 saturated carbocycles. The zero-order valence-corrected chi connectivity index (χ0v) is 16.0. The molecule has 0 aliphatic rings. The quantitative estimate of drug-likeness (QED) is 0.309. The Morgan fingerprint density at radius 1 is 1.20 bits per heavy atom. The summed E-state index contributed by atoms with van der Waals surface area (Å²) in [6, 6.07) is 8.83. The molecule has 5 nitrogen and oxygen atoms in total. The smallest absolute Gasteiger partial charge is 0.338 e. The number of hydrogen-bond donors (Lipinski definition) is 1. The Kier molecular flexibility index (Phi) is 8.08. The van der Waals surface area contributed by atoms with E-state index in [0.717, 1.165) is 29.2 Å². The lowest BCUT2D eigenvalue weighted by molar-refractivity contribution is 0.0526. The fraction of sp³-hybridized carbons (Fsp3) is 0.389. The molecule has 134 valence electrons. The minimum Gasteiger partial charge on any atom is -0.462 e. The van der Waals surface area contributed by atoms with Crippen LogP contribution in [-0.2, 0) is 16.2 Å². The Morgan fingerprint density at radius 3 is 2.64 bits per heavy atom. The van der Waals surface area contributed by atoms with Gasteiger partial charge in [0.25, 0.3) is 5.56 Å². The maximum atomic E-state index is 11.8. The molecule has 0 aliphatic carbocycles. The Bertz CT molecular complexity index is 745. The Labute approximate surface area is 156 Å². The number of esters is 1. The van der Waals surface area contributed by atoms with Gasteiger partial charge in [0.1, 0.15) is 0 Å². The number of benzene rings is 1. The van der Waals surface area contributed by atoms with Gasteiger partial charge in [0.05, 0.1) is 17.9 Å². The number of ether oxygens (including phenoxy) is 1. The topological polar surface area (TPSA) is 72.0 Å². The van der Waals surface area contributed by atoms with E-state index in [9.17, 15) is 9.59 Å². The summed E-state index contributed by atoms with van der Waals surface area (Å²) >= 11 is 3.25. The van der Waals surface area contributed by atoms with Crippen LogP contribution < -0.4 is 5.56 Å². The molecular formula is C18H22N2O3S2. The van der Waals surface area contributed by atoms with Crippen LogP contribution in [0.2, 0.25) is 0 Å². The van der Waals surface area contributed by atoms with Gasteiger partial charge >= 0.3 is 5.97 Å². The molecule has 7 heteroatoms. The van der Waals surface area contributed by atoms with E-state index >= 15 is 0 Å². The minimum atomic E-state index is -0.315. The number of nitrogens with one attached hydrogen (secondary N) is 1. The van der Waals surface area contributed by atoms with Crippen LogP contribution in [0.5, 0.6) is 0 Å². The van der Waals surface area contributed by atoms with Crippen LogP contribution in [0, 0.1) is 0 Å². The number of nitrogens with zero attached hydrogens (tertiary/aromatic N) is 1. The maximum absolute atomic E-state index is 11.8. The number of aromatic nitrogens is 2. The SMILES string of the molecule is CCCSCc1cc(=O)[nH]c(SCc2ccc(C(=O)OCC)cc2)n1. The van der Waals surface area contributed by atoms with Crippen molar-refractivity contribution in [1.82, 2.24) is 9.97 Å². The summed E-state index contributed by atoms with van der Waals surface area (Å²) in [5.41, 5.74) is 2.27. The van der Waals surface area contributed by atoms with Gasteiger partial charge in [0.15, 0.2) is 5.16 Å². The van der Waals surface area contributed by atoms with Crippen molar-refractivity contribution in [2.75, 3.05) is 12.4 Å². The molecule has 0 aliphatic heterocycles. The van der Waals surface area contributed by atoms with Crippen molar-refractivity contribution in [1.29, 1.82) is 0 Å². The first-order chi connectivity index (χ1) is 12.1. The zero-order chi connectivity index (χ0) is 18.1. The molecule has 0 bridgehead atoms. The monoisotopic (exact) mass is 378 g/mol. The Morgan fingerprint density at radius 2 is 1.96 bits per heavy atom. The molecule has 0 fully saturated rings. The van der Waals surface area contributed by atoms with Crippen LogP contribution >= 0.6 is 23.5 Å².